The van der Waals surface area contributed by atoms with Crippen LogP contribution in [-0.4, -0.2) is 15.5 Å². The second-order valence-electron chi connectivity index (χ2n) is 1.31. The number of aromatic nitrogens is 2. The van der Waals surface area contributed by atoms with Crippen molar-refractivity contribution in [2.45, 2.75) is 0 Å². The van der Waals surface area contributed by atoms with Crippen LogP contribution in [0.15, 0.2) is 0 Å². The van der Waals surface area contributed by atoms with Crippen molar-refractivity contribution in [1.82, 2.24) is 9.59 Å². The second-order valence-corrected chi connectivity index (χ2v) is 2.77. The van der Waals surface area contributed by atoms with Gasteiger partial charge in [0, 0.05) is 0 Å². The molecule has 0 radical (unpaired) electrons. The molecule has 0 fully saturated rings. The molecular weight excluding hydrogens is 158 g/mol. The molecule has 0 spiro atoms. The summed E-state index contributed by atoms with van der Waals surface area (Å²) >= 11 is 5.80. The number of carbonyl (C=O) groups excluding carboxylic acids is 1. The van der Waals surface area contributed by atoms with Gasteiger partial charge in [-0.15, -0.1) is 0 Å². The number of primary amides is 1. The minimum absolute atomic E-state index is 0.148. The summed E-state index contributed by atoms with van der Waals surface area (Å²) in [6.07, 6.45) is 0. The van der Waals surface area contributed by atoms with Gasteiger partial charge in [-0.25, -0.2) is 4.49 Å². The molecule has 6 heteroatoms. The lowest BCUT2D eigenvalue weighted by atomic mass is 10.5. The summed E-state index contributed by atoms with van der Waals surface area (Å²) < 4.78 is 2.87. The fraction of sp³-hybridized carbons (Fsp3) is 0. The summed E-state index contributed by atoms with van der Waals surface area (Å²) in [6.45, 7) is 0. The van der Waals surface area contributed by atoms with Gasteiger partial charge in [-0.1, -0.05) is 12.2 Å². The third-order valence-electron chi connectivity index (χ3n) is 0.723. The lowest BCUT2D eigenvalue weighted by Gasteiger charge is -1.78. The Hall–Kier alpha value is -0.750. The Kier molecular flexibility index (Phi) is 1.58. The Morgan fingerprint density at radius 2 is 2.56 bits per heavy atom. The smallest absolute Gasteiger partial charge is 0.271 e. The van der Waals surface area contributed by atoms with E-state index < -0.39 is 5.91 Å². The summed E-state index contributed by atoms with van der Waals surface area (Å²) in [4.78, 5) is 10.4. The minimum Gasteiger partial charge on any atom is -0.364 e. The predicted octanol–water partition coefficient (Wildman–Crippen LogP) is 0.300. The standard InChI is InChI=1S/C3H3N3OS2/c4-2(7)1-3(8)9-6-5-1/h6H,(H2,4,7). The highest BCUT2D eigenvalue weighted by Crippen LogP contribution is 2.00. The van der Waals surface area contributed by atoms with Gasteiger partial charge < -0.3 is 5.73 Å². The van der Waals surface area contributed by atoms with Crippen LogP contribution >= 0.6 is 23.8 Å². The first kappa shape index (κ1) is 6.37. The molecule has 0 saturated carbocycles. The minimum atomic E-state index is -0.586. The summed E-state index contributed by atoms with van der Waals surface area (Å²) in [6, 6.07) is 0. The van der Waals surface area contributed by atoms with Crippen molar-refractivity contribution in [2.75, 3.05) is 0 Å². The SMILES string of the molecule is NC(=O)c1n[nH]sc1=S. The van der Waals surface area contributed by atoms with Gasteiger partial charge in [-0.3, -0.25) is 4.79 Å². The fourth-order valence-corrected chi connectivity index (χ4v) is 1.08. The van der Waals surface area contributed by atoms with E-state index in [0.29, 0.717) is 3.82 Å². The molecule has 9 heavy (non-hydrogen) atoms. The first-order valence-corrected chi connectivity index (χ1v) is 3.28. The number of carbonyl (C=O) groups is 1. The van der Waals surface area contributed by atoms with Gasteiger partial charge in [0.25, 0.3) is 5.91 Å². The van der Waals surface area contributed by atoms with Crippen molar-refractivity contribution in [3.63, 3.8) is 0 Å². The van der Waals surface area contributed by atoms with Crippen molar-refractivity contribution < 1.29 is 4.79 Å². The molecule has 1 amide bonds. The van der Waals surface area contributed by atoms with E-state index in [0.717, 1.165) is 11.5 Å². The van der Waals surface area contributed by atoms with Crippen LogP contribution in [0.2, 0.25) is 0 Å². The third-order valence-corrected chi connectivity index (χ3v) is 1.73. The van der Waals surface area contributed by atoms with Gasteiger partial charge in [0.15, 0.2) is 5.69 Å². The molecule has 0 atom stereocenters. The molecule has 0 aliphatic carbocycles. The first-order chi connectivity index (χ1) is 4.22. The third kappa shape index (κ3) is 1.14. The summed E-state index contributed by atoms with van der Waals surface area (Å²) in [5.74, 6) is -0.586. The molecule has 1 rings (SSSR count). The zero-order valence-corrected chi connectivity index (χ0v) is 5.88. The van der Waals surface area contributed by atoms with Gasteiger partial charge >= 0.3 is 0 Å². The van der Waals surface area contributed by atoms with Gasteiger partial charge in [-0.2, -0.15) is 5.10 Å². The van der Waals surface area contributed by atoms with E-state index >= 15 is 0 Å². The maximum absolute atomic E-state index is 10.4. The normalized spacial score (nSPS) is 9.33. The van der Waals surface area contributed by atoms with Crippen molar-refractivity contribution in [3.8, 4) is 0 Å². The van der Waals surface area contributed by atoms with Crippen LogP contribution in [0.5, 0.6) is 0 Å². The molecule has 3 N–H and O–H groups in total. The van der Waals surface area contributed by atoms with Crippen molar-refractivity contribution >= 4 is 29.7 Å². The van der Waals surface area contributed by atoms with E-state index in [1.807, 2.05) is 0 Å². The molecule has 0 aromatic carbocycles. The summed E-state index contributed by atoms with van der Waals surface area (Å²) in [5, 5.41) is 3.53. The molecule has 0 unspecified atom stereocenters. The van der Waals surface area contributed by atoms with Gasteiger partial charge in [0.05, 0.1) is 0 Å². The number of aromatic amines is 1. The fourth-order valence-electron chi connectivity index (χ4n) is 0.360. The Morgan fingerprint density at radius 3 is 2.78 bits per heavy atom. The number of hydrogen-bond donors (Lipinski definition) is 2. The number of hydrogen-bond acceptors (Lipinski definition) is 4. The van der Waals surface area contributed by atoms with Crippen LogP contribution in [0.1, 0.15) is 10.5 Å². The highest BCUT2D eigenvalue weighted by Gasteiger charge is 2.04. The number of nitrogens with zero attached hydrogens (tertiary/aromatic N) is 1. The lowest BCUT2D eigenvalue weighted by Crippen LogP contribution is -2.11. The number of H-pyrrole nitrogens is 1. The van der Waals surface area contributed by atoms with Crippen LogP contribution in [0, 0.1) is 3.82 Å². The van der Waals surface area contributed by atoms with E-state index in [4.69, 9.17) is 5.73 Å². The van der Waals surface area contributed by atoms with Gasteiger partial charge in [0.2, 0.25) is 0 Å². The van der Waals surface area contributed by atoms with Crippen LogP contribution in [0.4, 0.5) is 0 Å². The number of nitrogens with two attached hydrogens (primary N) is 1. The van der Waals surface area contributed by atoms with Crippen molar-refractivity contribution in [1.29, 1.82) is 0 Å². The number of amides is 1. The summed E-state index contributed by atoms with van der Waals surface area (Å²) in [5.41, 5.74) is 5.03. The van der Waals surface area contributed by atoms with Crippen molar-refractivity contribution in [3.05, 3.63) is 9.52 Å². The molecule has 4 nitrogen and oxygen atoms in total. The van der Waals surface area contributed by atoms with Gasteiger partial charge in [-0.05, 0) is 11.5 Å². The average molecular weight is 161 g/mol. The Balaban J connectivity index is 3.24. The molecule has 0 aliphatic rings. The highest BCUT2D eigenvalue weighted by molar-refractivity contribution is 7.73. The molecular formula is C3H3N3OS2. The number of nitrogens with one attached hydrogen (secondary N) is 1. The zero-order chi connectivity index (χ0) is 6.85. The second kappa shape index (κ2) is 2.24. The van der Waals surface area contributed by atoms with E-state index in [9.17, 15) is 4.79 Å². The number of rotatable bonds is 1. The Morgan fingerprint density at radius 1 is 1.89 bits per heavy atom. The Labute approximate surface area is 59.8 Å². The first-order valence-electron chi connectivity index (χ1n) is 2.05. The summed E-state index contributed by atoms with van der Waals surface area (Å²) in [7, 11) is 0. The quantitative estimate of drug-likeness (QED) is 0.582. The maximum Gasteiger partial charge on any atom is 0.271 e. The molecule has 0 saturated heterocycles. The molecule has 0 aliphatic heterocycles. The van der Waals surface area contributed by atoms with Crippen LogP contribution in [-0.2, 0) is 0 Å². The predicted molar refractivity (Wildman–Crippen MR) is 35.8 cm³/mol. The molecule has 1 aromatic heterocycles. The van der Waals surface area contributed by atoms with E-state index in [-0.39, 0.29) is 5.69 Å². The van der Waals surface area contributed by atoms with E-state index in [2.05, 4.69) is 21.8 Å². The zero-order valence-electron chi connectivity index (χ0n) is 4.25. The van der Waals surface area contributed by atoms with Crippen molar-refractivity contribution in [2.24, 2.45) is 5.73 Å². The molecule has 48 valence electrons. The molecule has 1 aromatic rings. The Bertz CT molecular complexity index is 275. The van der Waals surface area contributed by atoms with Crippen LogP contribution < -0.4 is 5.73 Å². The van der Waals surface area contributed by atoms with Gasteiger partial charge in [0.1, 0.15) is 3.82 Å². The molecule has 0 bridgehead atoms. The lowest BCUT2D eigenvalue weighted by molar-refractivity contribution is 0.0995. The maximum atomic E-state index is 10.4. The largest absolute Gasteiger partial charge is 0.364 e. The topological polar surface area (TPSA) is 71.8 Å². The molecule has 1 heterocycles. The highest BCUT2D eigenvalue weighted by atomic mass is 32.2. The van der Waals surface area contributed by atoms with Crippen LogP contribution in [0.3, 0.4) is 0 Å². The monoisotopic (exact) mass is 161 g/mol. The average Bonchev–Trinajstić information content (AvgIpc) is 2.13. The van der Waals surface area contributed by atoms with E-state index in [1.54, 1.807) is 0 Å². The van der Waals surface area contributed by atoms with Crippen LogP contribution in [0.25, 0.3) is 0 Å². The van der Waals surface area contributed by atoms with E-state index in [1.165, 1.54) is 0 Å².